The lowest BCUT2D eigenvalue weighted by molar-refractivity contribution is -0.110. The first-order chi connectivity index (χ1) is 14.6. The number of ether oxygens (including phenoxy) is 4. The lowest BCUT2D eigenvalue weighted by Crippen LogP contribution is -2.00. The molecule has 0 spiro atoms. The maximum absolute atomic E-state index is 12.2. The van der Waals surface area contributed by atoms with Gasteiger partial charge in [0, 0.05) is 7.11 Å². The molecule has 2 rings (SSSR count). The Morgan fingerprint density at radius 1 is 0.933 bits per heavy atom. The molecule has 2 N–H and O–H groups in total. The highest BCUT2D eigenvalue weighted by Gasteiger charge is 2.05. The van der Waals surface area contributed by atoms with E-state index in [2.05, 4.69) is 0 Å². The number of carbonyl (C=O) groups excluding carboxylic acids is 1. The van der Waals surface area contributed by atoms with Crippen molar-refractivity contribution in [3.8, 4) is 11.5 Å². The lowest BCUT2D eigenvalue weighted by atomic mass is 10.0. The molecule has 0 radical (unpaired) electrons. The molecule has 0 heterocycles. The predicted molar refractivity (Wildman–Crippen MR) is 113 cm³/mol. The van der Waals surface area contributed by atoms with Gasteiger partial charge < -0.3 is 29.2 Å². The molecule has 0 unspecified atom stereocenters. The molecule has 30 heavy (non-hydrogen) atoms. The Balaban J connectivity index is 2.04. The van der Waals surface area contributed by atoms with Gasteiger partial charge in [0.05, 0.1) is 20.3 Å². The van der Waals surface area contributed by atoms with Crippen molar-refractivity contribution in [2.75, 3.05) is 27.8 Å². The molecule has 2 aromatic rings. The fraction of sp³-hybridized carbons (Fsp3) is 0.261. The van der Waals surface area contributed by atoms with Gasteiger partial charge >= 0.3 is 0 Å². The summed E-state index contributed by atoms with van der Waals surface area (Å²) in [6.45, 7) is -0.229. The molecule has 0 atom stereocenters. The van der Waals surface area contributed by atoms with Gasteiger partial charge in [0.25, 0.3) is 0 Å². The predicted octanol–water partition coefficient (Wildman–Crippen LogP) is 2.93. The van der Waals surface area contributed by atoms with Gasteiger partial charge in [0.2, 0.25) is 0 Å². The van der Waals surface area contributed by atoms with Crippen molar-refractivity contribution in [2.24, 2.45) is 0 Å². The highest BCUT2D eigenvalue weighted by Crippen LogP contribution is 2.28. The molecule has 7 nitrogen and oxygen atoms in total. The molecule has 0 saturated carbocycles. The third-order valence-electron chi connectivity index (χ3n) is 4.15. The van der Waals surface area contributed by atoms with Gasteiger partial charge in [-0.3, -0.25) is 4.79 Å². The van der Waals surface area contributed by atoms with Crippen molar-refractivity contribution >= 4 is 17.9 Å². The molecule has 0 bridgehead atoms. The molecule has 0 amide bonds. The first-order valence-electron chi connectivity index (χ1n) is 9.22. The lowest BCUT2D eigenvalue weighted by Gasteiger charge is -2.10. The smallest absolute Gasteiger partial charge is 0.188 e. The van der Waals surface area contributed by atoms with Gasteiger partial charge in [0.1, 0.15) is 6.79 Å². The maximum Gasteiger partial charge on any atom is 0.188 e. The topological polar surface area (TPSA) is 94.5 Å². The van der Waals surface area contributed by atoms with Crippen LogP contribution in [-0.4, -0.2) is 43.8 Å². The Labute approximate surface area is 175 Å². The minimum absolute atomic E-state index is 0.113. The molecule has 0 fully saturated rings. The first kappa shape index (κ1) is 23.3. The number of hydrogen-bond acceptors (Lipinski definition) is 7. The molecular weight excluding hydrogens is 388 g/mol. The van der Waals surface area contributed by atoms with E-state index in [1.807, 2.05) is 12.1 Å². The average Bonchev–Trinajstić information content (AvgIpc) is 2.78. The average molecular weight is 414 g/mol. The number of aliphatic hydroxyl groups is 2. The largest absolute Gasteiger partial charge is 0.493 e. The van der Waals surface area contributed by atoms with Crippen molar-refractivity contribution in [3.63, 3.8) is 0 Å². The maximum atomic E-state index is 12.2. The molecule has 0 aliphatic heterocycles. The van der Waals surface area contributed by atoms with E-state index >= 15 is 0 Å². The number of benzene rings is 2. The summed E-state index contributed by atoms with van der Waals surface area (Å²) in [7, 11) is 3.08. The van der Waals surface area contributed by atoms with E-state index in [9.17, 15) is 9.90 Å². The minimum atomic E-state index is -0.387. The zero-order valence-corrected chi connectivity index (χ0v) is 17.0. The van der Waals surface area contributed by atoms with Crippen LogP contribution in [0.25, 0.3) is 12.2 Å². The van der Waals surface area contributed by atoms with Crippen LogP contribution in [0.1, 0.15) is 22.3 Å². The fourth-order valence-corrected chi connectivity index (χ4v) is 2.63. The second-order valence-corrected chi connectivity index (χ2v) is 6.19. The summed E-state index contributed by atoms with van der Waals surface area (Å²) in [5, 5.41) is 18.2. The van der Waals surface area contributed by atoms with Gasteiger partial charge in [-0.05, 0) is 52.6 Å². The fourth-order valence-electron chi connectivity index (χ4n) is 2.63. The number of allylic oxidation sites excluding steroid dienone is 2. The number of hydrogen-bond donors (Lipinski definition) is 2. The standard InChI is InChI=1S/C23H26O7/c1-27-16-30-22-10-6-18(12-23(22)28-2)5-9-21(26)8-4-17-3-7-19(14-29-15-25)20(11-17)13-24/h3-12,24-25H,13-16H2,1-2H3/b8-4+,9-5+. The summed E-state index contributed by atoms with van der Waals surface area (Å²) in [6.07, 6.45) is 6.26. The van der Waals surface area contributed by atoms with Gasteiger partial charge in [-0.2, -0.15) is 0 Å². The molecule has 0 aliphatic rings. The van der Waals surface area contributed by atoms with Crippen molar-refractivity contribution in [1.29, 1.82) is 0 Å². The van der Waals surface area contributed by atoms with Crippen molar-refractivity contribution in [2.45, 2.75) is 13.2 Å². The Kier molecular flexibility index (Phi) is 9.76. The molecular formula is C23H26O7. The number of carbonyl (C=O) groups is 1. The minimum Gasteiger partial charge on any atom is -0.493 e. The van der Waals surface area contributed by atoms with Crippen molar-refractivity contribution in [1.82, 2.24) is 0 Å². The van der Waals surface area contributed by atoms with Gasteiger partial charge in [-0.15, -0.1) is 0 Å². The van der Waals surface area contributed by atoms with Crippen LogP contribution in [0.15, 0.2) is 48.6 Å². The summed E-state index contributed by atoms with van der Waals surface area (Å²) in [4.78, 5) is 12.2. The van der Waals surface area contributed by atoms with Crippen molar-refractivity contribution < 1.29 is 34.0 Å². The molecule has 0 saturated heterocycles. The number of methoxy groups -OCH3 is 2. The Bertz CT molecular complexity index is 816. The highest BCUT2D eigenvalue weighted by atomic mass is 16.7. The Morgan fingerprint density at radius 2 is 1.63 bits per heavy atom. The highest BCUT2D eigenvalue weighted by molar-refractivity contribution is 6.04. The number of rotatable bonds is 12. The zero-order chi connectivity index (χ0) is 21.8. The van der Waals surface area contributed by atoms with E-state index < -0.39 is 0 Å². The molecule has 7 heteroatoms. The van der Waals surface area contributed by atoms with E-state index in [1.165, 1.54) is 26.4 Å². The number of ketones is 1. The van der Waals surface area contributed by atoms with E-state index in [0.717, 1.165) is 16.7 Å². The summed E-state index contributed by atoms with van der Waals surface area (Å²) >= 11 is 0. The van der Waals surface area contributed by atoms with Gasteiger partial charge in [-0.1, -0.05) is 30.4 Å². The summed E-state index contributed by atoms with van der Waals surface area (Å²) in [5.41, 5.74) is 3.02. The number of aliphatic hydroxyl groups excluding tert-OH is 2. The van der Waals surface area contributed by atoms with Gasteiger partial charge in [0.15, 0.2) is 24.1 Å². The SMILES string of the molecule is COCOc1ccc(/C=C/C(=O)/C=C/c2ccc(COCO)c(CO)c2)cc1OC. The van der Waals surface area contributed by atoms with Crippen LogP contribution in [0.3, 0.4) is 0 Å². The van der Waals surface area contributed by atoms with Crippen LogP contribution in [0.2, 0.25) is 0 Å². The third-order valence-corrected chi connectivity index (χ3v) is 4.15. The monoisotopic (exact) mass is 414 g/mol. The van der Waals surface area contributed by atoms with Crippen LogP contribution in [0.5, 0.6) is 11.5 Å². The third kappa shape index (κ3) is 7.13. The van der Waals surface area contributed by atoms with E-state index in [1.54, 1.807) is 36.4 Å². The Hall–Kier alpha value is -2.97. The van der Waals surface area contributed by atoms with Crippen molar-refractivity contribution in [3.05, 3.63) is 70.8 Å². The molecule has 0 aliphatic carbocycles. The van der Waals surface area contributed by atoms with Crippen LogP contribution in [0.4, 0.5) is 0 Å². The quantitative estimate of drug-likeness (QED) is 0.407. The van der Waals surface area contributed by atoms with E-state index in [-0.39, 0.29) is 32.6 Å². The second-order valence-electron chi connectivity index (χ2n) is 6.19. The molecule has 160 valence electrons. The first-order valence-corrected chi connectivity index (χ1v) is 9.22. The summed E-state index contributed by atoms with van der Waals surface area (Å²) in [6, 6.07) is 10.7. The van der Waals surface area contributed by atoms with Crippen LogP contribution < -0.4 is 9.47 Å². The van der Waals surface area contributed by atoms with E-state index in [0.29, 0.717) is 17.1 Å². The van der Waals surface area contributed by atoms with Gasteiger partial charge in [-0.25, -0.2) is 0 Å². The zero-order valence-electron chi connectivity index (χ0n) is 17.0. The summed E-state index contributed by atoms with van der Waals surface area (Å²) in [5.74, 6) is 0.904. The molecule has 0 aromatic heterocycles. The van der Waals surface area contributed by atoms with E-state index in [4.69, 9.17) is 24.1 Å². The molecule has 2 aromatic carbocycles. The Morgan fingerprint density at radius 3 is 2.27 bits per heavy atom. The summed E-state index contributed by atoms with van der Waals surface area (Å²) < 4.78 is 20.5. The van der Waals surface area contributed by atoms with Crippen LogP contribution >= 0.6 is 0 Å². The van der Waals surface area contributed by atoms with Crippen LogP contribution in [-0.2, 0) is 27.5 Å². The normalized spacial score (nSPS) is 11.3. The second kappa shape index (κ2) is 12.6. The van der Waals surface area contributed by atoms with Crippen LogP contribution in [0, 0.1) is 0 Å².